The average molecular weight is 247 g/mol. The lowest BCUT2D eigenvalue weighted by molar-refractivity contribution is -0.139. The van der Waals surface area contributed by atoms with Gasteiger partial charge in [-0.2, -0.15) is 0 Å². The Hall–Kier alpha value is -2.30. The fraction of sp³-hybridized carbons (Fsp3) is 0.231. The van der Waals surface area contributed by atoms with E-state index < -0.39 is 11.9 Å². The molecule has 94 valence electrons. The van der Waals surface area contributed by atoms with Gasteiger partial charge in [0.1, 0.15) is 12.1 Å². The van der Waals surface area contributed by atoms with Gasteiger partial charge in [-0.15, -0.1) is 0 Å². The summed E-state index contributed by atoms with van der Waals surface area (Å²) in [6.07, 6.45) is 0. The predicted molar refractivity (Wildman–Crippen MR) is 65.3 cm³/mol. The molecule has 1 aromatic heterocycles. The molecule has 5 nitrogen and oxygen atoms in total. The summed E-state index contributed by atoms with van der Waals surface area (Å²) in [5.41, 5.74) is 1.41. The zero-order chi connectivity index (χ0) is 13.1. The molecule has 0 saturated carbocycles. The van der Waals surface area contributed by atoms with Crippen molar-refractivity contribution in [3.8, 4) is 0 Å². The number of para-hydroxylation sites is 1. The van der Waals surface area contributed by atoms with Crippen LogP contribution in [0.25, 0.3) is 11.0 Å². The van der Waals surface area contributed by atoms with E-state index in [0.717, 1.165) is 10.9 Å². The lowest BCUT2D eigenvalue weighted by Gasteiger charge is -2.01. The largest absolute Gasteiger partial charge is 0.468 e. The second-order valence-corrected chi connectivity index (χ2v) is 3.81. The minimum Gasteiger partial charge on any atom is -0.468 e. The molecular formula is C13H13NO4. The van der Waals surface area contributed by atoms with Gasteiger partial charge < -0.3 is 14.5 Å². The third kappa shape index (κ3) is 2.20. The Morgan fingerprint density at radius 1 is 1.33 bits per heavy atom. The molecule has 0 spiro atoms. The van der Waals surface area contributed by atoms with Gasteiger partial charge in [0.2, 0.25) is 0 Å². The molecule has 1 amide bonds. The number of carbonyl (C=O) groups excluding carboxylic acids is 2. The molecule has 1 aromatic carbocycles. The van der Waals surface area contributed by atoms with E-state index >= 15 is 0 Å². The van der Waals surface area contributed by atoms with E-state index in [1.165, 1.54) is 7.11 Å². The van der Waals surface area contributed by atoms with Gasteiger partial charge in [-0.25, -0.2) is 0 Å². The van der Waals surface area contributed by atoms with Crippen molar-refractivity contribution < 1.29 is 18.7 Å². The van der Waals surface area contributed by atoms with E-state index in [9.17, 15) is 9.59 Å². The van der Waals surface area contributed by atoms with E-state index in [1.807, 2.05) is 18.2 Å². The lowest BCUT2D eigenvalue weighted by atomic mass is 10.1. The van der Waals surface area contributed by atoms with E-state index in [4.69, 9.17) is 4.42 Å². The second-order valence-electron chi connectivity index (χ2n) is 3.81. The van der Waals surface area contributed by atoms with Crippen LogP contribution < -0.4 is 5.32 Å². The molecule has 0 aliphatic heterocycles. The number of benzene rings is 1. The quantitative estimate of drug-likeness (QED) is 0.837. The van der Waals surface area contributed by atoms with Crippen LogP contribution in [0.1, 0.15) is 16.1 Å². The topological polar surface area (TPSA) is 68.5 Å². The van der Waals surface area contributed by atoms with Crippen LogP contribution in [0, 0.1) is 6.92 Å². The van der Waals surface area contributed by atoms with Gasteiger partial charge in [0.05, 0.1) is 7.11 Å². The van der Waals surface area contributed by atoms with E-state index in [-0.39, 0.29) is 12.3 Å². The molecule has 0 saturated heterocycles. The molecule has 2 aromatic rings. The highest BCUT2D eigenvalue weighted by atomic mass is 16.5. The van der Waals surface area contributed by atoms with Gasteiger partial charge in [0, 0.05) is 10.9 Å². The van der Waals surface area contributed by atoms with Crippen molar-refractivity contribution in [1.29, 1.82) is 0 Å². The summed E-state index contributed by atoms with van der Waals surface area (Å²) in [7, 11) is 1.26. The molecule has 1 heterocycles. The van der Waals surface area contributed by atoms with Gasteiger partial charge in [0.15, 0.2) is 5.76 Å². The van der Waals surface area contributed by atoms with E-state index in [0.29, 0.717) is 5.58 Å². The monoisotopic (exact) mass is 247 g/mol. The van der Waals surface area contributed by atoms with Gasteiger partial charge >= 0.3 is 5.97 Å². The Morgan fingerprint density at radius 2 is 2.06 bits per heavy atom. The highest BCUT2D eigenvalue weighted by Crippen LogP contribution is 2.24. The molecule has 0 radical (unpaired) electrons. The summed E-state index contributed by atoms with van der Waals surface area (Å²) in [6.45, 7) is 1.63. The number of ether oxygens (including phenoxy) is 1. The van der Waals surface area contributed by atoms with E-state index in [1.54, 1.807) is 13.0 Å². The maximum Gasteiger partial charge on any atom is 0.325 e. The molecule has 5 heteroatoms. The maximum absolute atomic E-state index is 11.8. The summed E-state index contributed by atoms with van der Waals surface area (Å²) in [4.78, 5) is 22.8. The number of furan rings is 1. The first kappa shape index (κ1) is 12.2. The third-order valence-corrected chi connectivity index (χ3v) is 2.67. The number of hydrogen-bond donors (Lipinski definition) is 1. The maximum atomic E-state index is 11.8. The van der Waals surface area contributed by atoms with Crippen LogP contribution in [0.3, 0.4) is 0 Å². The number of fused-ring (bicyclic) bond motifs is 1. The van der Waals surface area contributed by atoms with Gasteiger partial charge in [-0.1, -0.05) is 18.2 Å². The van der Waals surface area contributed by atoms with Crippen LogP contribution >= 0.6 is 0 Å². The third-order valence-electron chi connectivity index (χ3n) is 2.67. The van der Waals surface area contributed by atoms with Crippen LogP contribution in [0.5, 0.6) is 0 Å². The summed E-state index contributed by atoms with van der Waals surface area (Å²) in [6, 6.07) is 7.38. The van der Waals surface area contributed by atoms with Gasteiger partial charge in [0.25, 0.3) is 5.91 Å². The SMILES string of the molecule is COC(=O)CNC(=O)c1oc2ccccc2c1C. The summed E-state index contributed by atoms with van der Waals surface area (Å²) >= 11 is 0. The van der Waals surface area contributed by atoms with E-state index in [2.05, 4.69) is 10.1 Å². The molecule has 18 heavy (non-hydrogen) atoms. The molecule has 0 bridgehead atoms. The molecule has 0 fully saturated rings. The molecule has 1 N–H and O–H groups in total. The summed E-state index contributed by atoms with van der Waals surface area (Å²) in [5.74, 6) is -0.702. The standard InChI is InChI=1S/C13H13NO4/c1-8-9-5-3-4-6-10(9)18-12(8)13(16)14-7-11(15)17-2/h3-6H,7H2,1-2H3,(H,14,16). The number of methoxy groups -OCH3 is 1. The average Bonchev–Trinajstić information content (AvgIpc) is 2.73. The Kier molecular flexibility index (Phi) is 3.32. The number of nitrogens with one attached hydrogen (secondary N) is 1. The van der Waals surface area contributed by atoms with Crippen LogP contribution in [0.2, 0.25) is 0 Å². The first-order valence-electron chi connectivity index (χ1n) is 5.46. The predicted octanol–water partition coefficient (Wildman–Crippen LogP) is 1.64. The lowest BCUT2D eigenvalue weighted by Crippen LogP contribution is -2.30. The zero-order valence-corrected chi connectivity index (χ0v) is 10.1. The normalized spacial score (nSPS) is 10.3. The molecule has 0 aliphatic carbocycles. The first-order chi connectivity index (χ1) is 8.63. The highest BCUT2D eigenvalue weighted by molar-refractivity contribution is 5.99. The number of aryl methyl sites for hydroxylation is 1. The van der Waals surface area contributed by atoms with Gasteiger partial charge in [-0.05, 0) is 13.0 Å². The zero-order valence-electron chi connectivity index (χ0n) is 10.1. The minimum absolute atomic E-state index is 0.175. The Bertz CT molecular complexity index is 600. The van der Waals surface area contributed by atoms with Gasteiger partial charge in [-0.3, -0.25) is 9.59 Å². The Labute approximate surface area is 104 Å². The van der Waals surface area contributed by atoms with Crippen molar-refractivity contribution in [3.05, 3.63) is 35.6 Å². The van der Waals surface area contributed by atoms with Crippen LogP contribution in [0.15, 0.2) is 28.7 Å². The fourth-order valence-electron chi connectivity index (χ4n) is 1.70. The number of rotatable bonds is 3. The molecule has 0 aliphatic rings. The van der Waals surface area contributed by atoms with Crippen molar-refractivity contribution in [3.63, 3.8) is 0 Å². The van der Waals surface area contributed by atoms with Crippen molar-refractivity contribution in [1.82, 2.24) is 5.32 Å². The van der Waals surface area contributed by atoms with Crippen LogP contribution in [0.4, 0.5) is 0 Å². The van der Waals surface area contributed by atoms with Crippen LogP contribution in [-0.4, -0.2) is 25.5 Å². The number of hydrogen-bond acceptors (Lipinski definition) is 4. The van der Waals surface area contributed by atoms with Crippen LogP contribution in [-0.2, 0) is 9.53 Å². The smallest absolute Gasteiger partial charge is 0.325 e. The molecular weight excluding hydrogens is 234 g/mol. The number of esters is 1. The minimum atomic E-state index is -0.503. The molecule has 2 rings (SSSR count). The Balaban J connectivity index is 2.23. The summed E-state index contributed by atoms with van der Waals surface area (Å²) in [5, 5.41) is 3.33. The first-order valence-corrected chi connectivity index (χ1v) is 5.46. The van der Waals surface area contributed by atoms with Crippen molar-refractivity contribution >= 4 is 22.8 Å². The molecule has 0 unspecified atom stereocenters. The highest BCUT2D eigenvalue weighted by Gasteiger charge is 2.17. The second kappa shape index (κ2) is 4.91. The molecule has 0 atom stereocenters. The fourth-order valence-corrected chi connectivity index (χ4v) is 1.70. The van der Waals surface area contributed by atoms with Crippen molar-refractivity contribution in [2.24, 2.45) is 0 Å². The summed E-state index contributed by atoms with van der Waals surface area (Å²) < 4.78 is 9.90. The van der Waals surface area contributed by atoms with Crippen molar-refractivity contribution in [2.75, 3.05) is 13.7 Å². The Morgan fingerprint density at radius 3 is 2.72 bits per heavy atom. The number of amides is 1. The number of carbonyl (C=O) groups is 2. The van der Waals surface area contributed by atoms with Crippen molar-refractivity contribution in [2.45, 2.75) is 6.92 Å².